The summed E-state index contributed by atoms with van der Waals surface area (Å²) in [6.45, 7) is 0.190. The fraction of sp³-hybridized carbons (Fsp3) is 0.200. The molecule has 0 saturated heterocycles. The van der Waals surface area contributed by atoms with E-state index in [1.54, 1.807) is 37.4 Å². The van der Waals surface area contributed by atoms with E-state index in [4.69, 9.17) is 6.42 Å². The maximum absolute atomic E-state index is 13.1. The predicted molar refractivity (Wildman–Crippen MR) is 103 cm³/mol. The first-order chi connectivity index (χ1) is 13.3. The van der Waals surface area contributed by atoms with Gasteiger partial charge in [0, 0.05) is 19.2 Å². The number of carbonyl (C=O) groups excluding carboxylic acids is 1. The highest BCUT2D eigenvalue weighted by Gasteiger charge is 2.31. The Morgan fingerprint density at radius 1 is 1.18 bits per heavy atom. The minimum atomic E-state index is -3.77. The Morgan fingerprint density at radius 2 is 1.86 bits per heavy atom. The van der Waals surface area contributed by atoms with Crippen LogP contribution in [-0.2, 0) is 21.4 Å². The second-order valence-electron chi connectivity index (χ2n) is 6.32. The number of hydrogen-bond acceptors (Lipinski definition) is 4. The van der Waals surface area contributed by atoms with E-state index in [2.05, 4.69) is 10.3 Å². The number of nitrogens with zero attached hydrogens (tertiary/aromatic N) is 3. The van der Waals surface area contributed by atoms with E-state index >= 15 is 0 Å². The van der Waals surface area contributed by atoms with Gasteiger partial charge in [-0.2, -0.15) is 8.42 Å². The van der Waals surface area contributed by atoms with E-state index in [1.807, 2.05) is 0 Å². The Labute approximate surface area is 163 Å². The number of halogens is 1. The molecule has 1 heterocycles. The Hall–Kier alpha value is -3.18. The van der Waals surface area contributed by atoms with Crippen molar-refractivity contribution in [3.05, 3.63) is 65.5 Å². The van der Waals surface area contributed by atoms with Crippen molar-refractivity contribution in [2.24, 2.45) is 4.40 Å². The van der Waals surface area contributed by atoms with Crippen molar-refractivity contribution in [3.8, 4) is 12.3 Å². The molecule has 6 nitrogen and oxygen atoms in total. The summed E-state index contributed by atoms with van der Waals surface area (Å²) in [4.78, 5) is 15.8. The van der Waals surface area contributed by atoms with E-state index in [-0.39, 0.29) is 42.1 Å². The first-order valence-electron chi connectivity index (χ1n) is 8.43. The number of amides is 1. The lowest BCUT2D eigenvalue weighted by atomic mass is 10.2. The summed E-state index contributed by atoms with van der Waals surface area (Å²) in [5, 5.41) is 0. The van der Waals surface area contributed by atoms with E-state index in [1.165, 1.54) is 28.0 Å². The molecule has 28 heavy (non-hydrogen) atoms. The van der Waals surface area contributed by atoms with Gasteiger partial charge in [-0.25, -0.2) is 4.39 Å². The first-order valence-corrected chi connectivity index (χ1v) is 9.87. The molecule has 1 aliphatic rings. The van der Waals surface area contributed by atoms with Crippen LogP contribution in [0.2, 0.25) is 0 Å². The topological polar surface area (TPSA) is 70.1 Å². The largest absolute Gasteiger partial charge is 0.349 e. The molecule has 0 spiro atoms. The smallest absolute Gasteiger partial charge is 0.285 e. The molecule has 2 aromatic carbocycles. The molecule has 0 aromatic heterocycles. The summed E-state index contributed by atoms with van der Waals surface area (Å²) in [5.41, 5.74) is 1.19. The molecule has 1 aliphatic heterocycles. The Bertz CT molecular complexity index is 1070. The van der Waals surface area contributed by atoms with E-state index in [0.29, 0.717) is 5.56 Å². The summed E-state index contributed by atoms with van der Waals surface area (Å²) in [6, 6.07) is 12.3. The summed E-state index contributed by atoms with van der Waals surface area (Å²) >= 11 is 0. The van der Waals surface area contributed by atoms with Crippen LogP contribution in [0.3, 0.4) is 0 Å². The molecule has 0 bridgehead atoms. The normalized spacial score (nSPS) is 14.0. The van der Waals surface area contributed by atoms with Crippen molar-refractivity contribution >= 4 is 21.8 Å². The number of benzene rings is 2. The van der Waals surface area contributed by atoms with Crippen molar-refractivity contribution in [1.29, 1.82) is 0 Å². The zero-order valence-electron chi connectivity index (χ0n) is 15.2. The first kappa shape index (κ1) is 19.6. The van der Waals surface area contributed by atoms with Crippen LogP contribution in [0.15, 0.2) is 57.8 Å². The molecule has 0 atom stereocenters. The van der Waals surface area contributed by atoms with Crippen molar-refractivity contribution in [3.63, 3.8) is 0 Å². The number of hydrogen-bond donors (Lipinski definition) is 0. The van der Waals surface area contributed by atoms with E-state index in [0.717, 1.165) is 5.56 Å². The summed E-state index contributed by atoms with van der Waals surface area (Å²) in [7, 11) is -2.17. The minimum absolute atomic E-state index is 0.0748. The van der Waals surface area contributed by atoms with Crippen molar-refractivity contribution in [1.82, 2.24) is 9.80 Å². The van der Waals surface area contributed by atoms with E-state index < -0.39 is 10.0 Å². The molecule has 0 radical (unpaired) electrons. The molecule has 0 unspecified atom stereocenters. The lowest BCUT2D eigenvalue weighted by molar-refractivity contribution is -0.131. The third kappa shape index (κ3) is 4.05. The number of amidine groups is 1. The van der Waals surface area contributed by atoms with Crippen LogP contribution in [0, 0.1) is 18.2 Å². The van der Waals surface area contributed by atoms with Gasteiger partial charge in [0.05, 0.1) is 13.1 Å². The molecular formula is C20H18FN3O3S. The molecular weight excluding hydrogens is 381 g/mol. The molecule has 8 heteroatoms. The molecule has 0 N–H and O–H groups in total. The van der Waals surface area contributed by atoms with Gasteiger partial charge in [0.2, 0.25) is 5.91 Å². The van der Waals surface area contributed by atoms with Crippen LogP contribution in [0.1, 0.15) is 11.1 Å². The van der Waals surface area contributed by atoms with Crippen LogP contribution in [0.4, 0.5) is 4.39 Å². The zero-order chi connectivity index (χ0) is 20.3. The molecule has 0 fully saturated rings. The number of terminal acetylenes is 1. The fourth-order valence-corrected chi connectivity index (χ4v) is 4.15. The molecule has 0 aliphatic carbocycles. The average molecular weight is 399 g/mol. The molecule has 3 rings (SSSR count). The Kier molecular flexibility index (Phi) is 5.47. The van der Waals surface area contributed by atoms with Gasteiger partial charge in [-0.05, 0) is 29.8 Å². The lowest BCUT2D eigenvalue weighted by Crippen LogP contribution is -2.41. The van der Waals surface area contributed by atoms with Crippen LogP contribution >= 0.6 is 0 Å². The highest BCUT2D eigenvalue weighted by atomic mass is 32.2. The predicted octanol–water partition coefficient (Wildman–Crippen LogP) is 1.87. The highest BCUT2D eigenvalue weighted by Crippen LogP contribution is 2.26. The number of fused-ring (bicyclic) bond motifs is 1. The quantitative estimate of drug-likeness (QED) is 0.720. The van der Waals surface area contributed by atoms with Crippen molar-refractivity contribution in [2.75, 3.05) is 20.1 Å². The molecule has 2 aromatic rings. The molecule has 0 saturated carbocycles. The van der Waals surface area contributed by atoms with Gasteiger partial charge >= 0.3 is 0 Å². The number of likely N-dealkylation sites (N-methyl/N-ethyl adjacent to an activating group) is 1. The highest BCUT2D eigenvalue weighted by molar-refractivity contribution is 7.90. The second kappa shape index (κ2) is 7.82. The SMILES string of the molecule is C#CCN(Cc1ccc(F)cc1)C(=O)CN(C)C1=NS(=O)(=O)c2ccccc21. The van der Waals surface area contributed by atoms with Gasteiger partial charge in [-0.1, -0.05) is 30.2 Å². The Morgan fingerprint density at radius 3 is 2.54 bits per heavy atom. The maximum Gasteiger partial charge on any atom is 0.285 e. The third-order valence-electron chi connectivity index (χ3n) is 4.27. The summed E-state index contributed by atoms with van der Waals surface area (Å²) in [6.07, 6.45) is 5.38. The summed E-state index contributed by atoms with van der Waals surface area (Å²) in [5.74, 6) is 1.99. The standard InChI is InChI=1S/C20H18FN3O3S/c1-3-12-24(13-15-8-10-16(21)11-9-15)19(25)14-23(2)20-17-6-4-5-7-18(17)28(26,27)22-20/h1,4-11H,12-14H2,2H3. The number of sulfonamides is 1. The van der Waals surface area contributed by atoms with Crippen LogP contribution in [-0.4, -0.2) is 50.1 Å². The van der Waals surface area contributed by atoms with Gasteiger partial charge < -0.3 is 9.80 Å². The second-order valence-corrected chi connectivity index (χ2v) is 7.90. The lowest BCUT2D eigenvalue weighted by Gasteiger charge is -2.25. The van der Waals surface area contributed by atoms with Gasteiger partial charge in [-0.3, -0.25) is 4.79 Å². The van der Waals surface area contributed by atoms with Gasteiger partial charge in [0.1, 0.15) is 10.7 Å². The minimum Gasteiger partial charge on any atom is -0.349 e. The third-order valence-corrected chi connectivity index (χ3v) is 5.59. The van der Waals surface area contributed by atoms with E-state index in [9.17, 15) is 17.6 Å². The summed E-state index contributed by atoms with van der Waals surface area (Å²) < 4.78 is 41.3. The number of carbonyl (C=O) groups is 1. The maximum atomic E-state index is 13.1. The molecule has 144 valence electrons. The van der Waals surface area contributed by atoms with Crippen molar-refractivity contribution in [2.45, 2.75) is 11.4 Å². The fourth-order valence-electron chi connectivity index (χ4n) is 2.89. The van der Waals surface area contributed by atoms with Crippen molar-refractivity contribution < 1.29 is 17.6 Å². The average Bonchev–Trinajstić information content (AvgIpc) is 2.95. The Balaban J connectivity index is 1.77. The van der Waals surface area contributed by atoms with Crippen LogP contribution in [0.25, 0.3) is 0 Å². The van der Waals surface area contributed by atoms with Crippen LogP contribution in [0.5, 0.6) is 0 Å². The zero-order valence-corrected chi connectivity index (χ0v) is 16.0. The van der Waals surface area contributed by atoms with Crippen LogP contribution < -0.4 is 0 Å². The number of rotatable bonds is 5. The van der Waals surface area contributed by atoms with Gasteiger partial charge in [0.15, 0.2) is 5.84 Å². The van der Waals surface area contributed by atoms with Gasteiger partial charge in [0.25, 0.3) is 10.0 Å². The molecule has 1 amide bonds. The van der Waals surface area contributed by atoms with Gasteiger partial charge in [-0.15, -0.1) is 10.8 Å². The monoisotopic (exact) mass is 399 g/mol.